The average molecular weight is 208 g/mol. The van der Waals surface area contributed by atoms with Crippen LogP contribution in [0.25, 0.3) is 0 Å². The van der Waals surface area contributed by atoms with Gasteiger partial charge in [0, 0.05) is 5.56 Å². The molecule has 2 heteroatoms. The van der Waals surface area contributed by atoms with E-state index in [-0.39, 0.29) is 6.10 Å². The molecular formula is C13H20O2. The maximum Gasteiger partial charge on any atom is 0.125 e. The second-order valence-electron chi connectivity index (χ2n) is 4.13. The number of rotatable bonds is 4. The smallest absolute Gasteiger partial charge is 0.125 e. The van der Waals surface area contributed by atoms with Gasteiger partial charge in [0.15, 0.2) is 0 Å². The van der Waals surface area contributed by atoms with Gasteiger partial charge in [-0.2, -0.15) is 0 Å². The van der Waals surface area contributed by atoms with E-state index in [9.17, 15) is 5.11 Å². The summed E-state index contributed by atoms with van der Waals surface area (Å²) in [4.78, 5) is 0. The van der Waals surface area contributed by atoms with E-state index in [0.717, 1.165) is 16.9 Å². The molecule has 0 spiro atoms. The molecule has 1 aromatic rings. The second-order valence-corrected chi connectivity index (χ2v) is 4.13. The van der Waals surface area contributed by atoms with Gasteiger partial charge in [0.1, 0.15) is 5.75 Å². The van der Waals surface area contributed by atoms with Crippen LogP contribution in [0.4, 0.5) is 0 Å². The Morgan fingerprint density at radius 1 is 1.33 bits per heavy atom. The molecule has 1 N–H and O–H groups in total. The highest BCUT2D eigenvalue weighted by Crippen LogP contribution is 2.28. The van der Waals surface area contributed by atoms with E-state index < -0.39 is 6.10 Å². The highest BCUT2D eigenvalue weighted by molar-refractivity contribution is 5.38. The molecule has 0 saturated heterocycles. The number of aliphatic hydroxyl groups is 1. The van der Waals surface area contributed by atoms with Gasteiger partial charge in [0.05, 0.1) is 12.2 Å². The molecule has 0 aliphatic heterocycles. The lowest BCUT2D eigenvalue weighted by Crippen LogP contribution is -2.09. The van der Waals surface area contributed by atoms with Crippen LogP contribution in [0.1, 0.15) is 44.4 Å². The zero-order valence-electron chi connectivity index (χ0n) is 9.95. The number of ether oxygens (including phenoxy) is 1. The van der Waals surface area contributed by atoms with E-state index in [0.29, 0.717) is 6.42 Å². The van der Waals surface area contributed by atoms with Gasteiger partial charge in [0.25, 0.3) is 0 Å². The van der Waals surface area contributed by atoms with Gasteiger partial charge in [-0.15, -0.1) is 0 Å². The van der Waals surface area contributed by atoms with Crippen molar-refractivity contribution < 1.29 is 9.84 Å². The van der Waals surface area contributed by atoms with Gasteiger partial charge in [-0.1, -0.05) is 18.6 Å². The summed E-state index contributed by atoms with van der Waals surface area (Å²) >= 11 is 0. The van der Waals surface area contributed by atoms with Gasteiger partial charge in [-0.05, 0) is 39.3 Å². The zero-order valence-corrected chi connectivity index (χ0v) is 9.95. The highest BCUT2D eigenvalue weighted by Gasteiger charge is 2.12. The van der Waals surface area contributed by atoms with Crippen molar-refractivity contribution in [2.24, 2.45) is 0 Å². The van der Waals surface area contributed by atoms with Crippen LogP contribution in [0.3, 0.4) is 0 Å². The molecular weight excluding hydrogens is 188 g/mol. The molecule has 0 amide bonds. The molecule has 1 aromatic carbocycles. The lowest BCUT2D eigenvalue weighted by atomic mass is 10.0. The Morgan fingerprint density at radius 3 is 2.53 bits per heavy atom. The standard InChI is InChI=1S/C13H20O2/c1-5-12(14)11-8-10(4)6-7-13(11)15-9(2)3/h6-9,12,14H,5H2,1-4H3. The predicted molar refractivity (Wildman–Crippen MR) is 62.2 cm³/mol. The normalized spacial score (nSPS) is 12.9. The molecule has 0 aliphatic carbocycles. The molecule has 0 radical (unpaired) electrons. The largest absolute Gasteiger partial charge is 0.491 e. The molecule has 1 atom stereocenters. The Kier molecular flexibility index (Phi) is 4.15. The third-order valence-corrected chi connectivity index (χ3v) is 2.27. The molecule has 0 heterocycles. The van der Waals surface area contributed by atoms with Crippen LogP contribution in [0.5, 0.6) is 5.75 Å². The number of aliphatic hydroxyl groups excluding tert-OH is 1. The minimum absolute atomic E-state index is 0.135. The summed E-state index contributed by atoms with van der Waals surface area (Å²) in [7, 11) is 0. The van der Waals surface area contributed by atoms with Gasteiger partial charge in [0.2, 0.25) is 0 Å². The number of benzene rings is 1. The first-order valence-corrected chi connectivity index (χ1v) is 5.49. The number of hydrogen-bond donors (Lipinski definition) is 1. The van der Waals surface area contributed by atoms with Crippen LogP contribution in [-0.4, -0.2) is 11.2 Å². The van der Waals surface area contributed by atoms with Crippen LogP contribution in [0.2, 0.25) is 0 Å². The Balaban J connectivity index is 3.02. The van der Waals surface area contributed by atoms with Crippen molar-refractivity contribution in [3.05, 3.63) is 29.3 Å². The molecule has 84 valence electrons. The zero-order chi connectivity index (χ0) is 11.4. The molecule has 1 rings (SSSR count). The van der Waals surface area contributed by atoms with Crippen LogP contribution in [0.15, 0.2) is 18.2 Å². The van der Waals surface area contributed by atoms with Crippen LogP contribution in [0, 0.1) is 6.92 Å². The fraction of sp³-hybridized carbons (Fsp3) is 0.538. The average Bonchev–Trinajstić information content (AvgIpc) is 2.19. The van der Waals surface area contributed by atoms with E-state index >= 15 is 0 Å². The third-order valence-electron chi connectivity index (χ3n) is 2.27. The summed E-state index contributed by atoms with van der Waals surface area (Å²) < 4.78 is 5.66. The Hall–Kier alpha value is -1.02. The molecule has 1 unspecified atom stereocenters. The molecule has 0 aliphatic rings. The number of hydrogen-bond acceptors (Lipinski definition) is 2. The Bertz CT molecular complexity index is 318. The minimum atomic E-state index is -0.432. The van der Waals surface area contributed by atoms with Crippen molar-refractivity contribution in [1.29, 1.82) is 0 Å². The van der Waals surface area contributed by atoms with E-state index in [1.807, 2.05) is 45.9 Å². The number of aryl methyl sites for hydroxylation is 1. The molecule has 0 aromatic heterocycles. The predicted octanol–water partition coefficient (Wildman–Crippen LogP) is 3.23. The van der Waals surface area contributed by atoms with Crippen LogP contribution in [-0.2, 0) is 0 Å². The van der Waals surface area contributed by atoms with E-state index in [1.165, 1.54) is 0 Å². The Labute approximate surface area is 91.9 Å². The quantitative estimate of drug-likeness (QED) is 0.823. The van der Waals surface area contributed by atoms with Gasteiger partial charge in [-0.3, -0.25) is 0 Å². The van der Waals surface area contributed by atoms with E-state index in [4.69, 9.17) is 4.74 Å². The van der Waals surface area contributed by atoms with Crippen molar-refractivity contribution in [2.75, 3.05) is 0 Å². The molecule has 0 saturated carbocycles. The van der Waals surface area contributed by atoms with Crippen molar-refractivity contribution in [3.8, 4) is 5.75 Å². The van der Waals surface area contributed by atoms with Crippen LogP contribution >= 0.6 is 0 Å². The first kappa shape index (κ1) is 12.1. The summed E-state index contributed by atoms with van der Waals surface area (Å²) in [5.41, 5.74) is 2.04. The van der Waals surface area contributed by atoms with E-state index in [2.05, 4.69) is 0 Å². The van der Waals surface area contributed by atoms with Crippen molar-refractivity contribution in [3.63, 3.8) is 0 Å². The summed E-state index contributed by atoms with van der Waals surface area (Å²) in [6.45, 7) is 7.96. The second kappa shape index (κ2) is 5.17. The maximum absolute atomic E-state index is 9.87. The summed E-state index contributed by atoms with van der Waals surface area (Å²) in [6, 6.07) is 5.93. The summed E-state index contributed by atoms with van der Waals surface area (Å²) in [5, 5.41) is 9.87. The lowest BCUT2D eigenvalue weighted by molar-refractivity contribution is 0.162. The van der Waals surface area contributed by atoms with Crippen molar-refractivity contribution in [2.45, 2.75) is 46.3 Å². The third kappa shape index (κ3) is 3.24. The summed E-state index contributed by atoms with van der Waals surface area (Å²) in [5.74, 6) is 0.796. The first-order chi connectivity index (χ1) is 7.04. The monoisotopic (exact) mass is 208 g/mol. The lowest BCUT2D eigenvalue weighted by Gasteiger charge is -2.17. The van der Waals surface area contributed by atoms with Gasteiger partial charge < -0.3 is 9.84 Å². The molecule has 0 fully saturated rings. The topological polar surface area (TPSA) is 29.5 Å². The van der Waals surface area contributed by atoms with Gasteiger partial charge in [-0.25, -0.2) is 0 Å². The maximum atomic E-state index is 9.87. The van der Waals surface area contributed by atoms with Gasteiger partial charge >= 0.3 is 0 Å². The Morgan fingerprint density at radius 2 is 2.00 bits per heavy atom. The fourth-order valence-electron chi connectivity index (χ4n) is 1.51. The summed E-state index contributed by atoms with van der Waals surface area (Å²) in [6.07, 6.45) is 0.409. The highest BCUT2D eigenvalue weighted by atomic mass is 16.5. The van der Waals surface area contributed by atoms with Crippen molar-refractivity contribution in [1.82, 2.24) is 0 Å². The fourth-order valence-corrected chi connectivity index (χ4v) is 1.51. The molecule has 2 nitrogen and oxygen atoms in total. The molecule has 15 heavy (non-hydrogen) atoms. The first-order valence-electron chi connectivity index (χ1n) is 5.49. The van der Waals surface area contributed by atoms with Crippen LogP contribution < -0.4 is 4.74 Å². The van der Waals surface area contributed by atoms with E-state index in [1.54, 1.807) is 0 Å². The minimum Gasteiger partial charge on any atom is -0.491 e. The van der Waals surface area contributed by atoms with Crippen molar-refractivity contribution >= 4 is 0 Å². The SMILES string of the molecule is CCC(O)c1cc(C)ccc1OC(C)C. The molecule has 0 bridgehead atoms.